The minimum absolute atomic E-state index is 0.0720. The summed E-state index contributed by atoms with van der Waals surface area (Å²) >= 11 is 0. The topological polar surface area (TPSA) is 41.6 Å². The molecule has 2 aromatic carbocycles. The number of methoxy groups -OCH3 is 1. The summed E-state index contributed by atoms with van der Waals surface area (Å²) in [4.78, 5) is 14.3. The van der Waals surface area contributed by atoms with E-state index in [1.54, 1.807) is 17.0 Å². The van der Waals surface area contributed by atoms with Gasteiger partial charge in [0, 0.05) is 25.0 Å². The zero-order valence-corrected chi connectivity index (χ0v) is 15.3. The normalized spacial score (nSPS) is 14.6. The summed E-state index contributed by atoms with van der Waals surface area (Å²) in [5.74, 6) is -0.206. The van der Waals surface area contributed by atoms with Crippen molar-refractivity contribution in [2.45, 2.75) is 31.7 Å². The Balaban J connectivity index is 1.60. The van der Waals surface area contributed by atoms with Crippen molar-refractivity contribution >= 4 is 6.03 Å². The van der Waals surface area contributed by atoms with Crippen LogP contribution in [0, 0.1) is 5.82 Å². The summed E-state index contributed by atoms with van der Waals surface area (Å²) in [7, 11) is 1.43. The highest BCUT2D eigenvalue weighted by Crippen LogP contribution is 2.47. The first kappa shape index (κ1) is 18.2. The molecule has 1 fully saturated rings. The fourth-order valence-electron chi connectivity index (χ4n) is 3.22. The second-order valence-corrected chi connectivity index (χ2v) is 6.79. The Labute approximate surface area is 154 Å². The molecule has 1 aliphatic carbocycles. The predicted molar refractivity (Wildman–Crippen MR) is 99.8 cm³/mol. The lowest BCUT2D eigenvalue weighted by molar-refractivity contribution is 0.197. The van der Waals surface area contributed by atoms with E-state index >= 15 is 0 Å². The van der Waals surface area contributed by atoms with E-state index in [2.05, 4.69) is 17.4 Å². The number of carbonyl (C=O) groups excluding carboxylic acids is 1. The number of benzene rings is 2. The van der Waals surface area contributed by atoms with Gasteiger partial charge in [0.05, 0.1) is 7.11 Å². The first-order valence-electron chi connectivity index (χ1n) is 8.99. The lowest BCUT2D eigenvalue weighted by Crippen LogP contribution is -2.42. The van der Waals surface area contributed by atoms with Gasteiger partial charge in [0.2, 0.25) is 0 Å². The van der Waals surface area contributed by atoms with Gasteiger partial charge in [-0.1, -0.05) is 36.4 Å². The van der Waals surface area contributed by atoms with E-state index < -0.39 is 5.82 Å². The van der Waals surface area contributed by atoms with Gasteiger partial charge in [-0.3, -0.25) is 0 Å². The van der Waals surface area contributed by atoms with Crippen molar-refractivity contribution in [2.75, 3.05) is 20.2 Å². The van der Waals surface area contributed by atoms with Crippen LogP contribution in [0.1, 0.15) is 30.9 Å². The molecule has 0 bridgehead atoms. The average molecular weight is 356 g/mol. The van der Waals surface area contributed by atoms with Gasteiger partial charge in [-0.25, -0.2) is 9.18 Å². The molecule has 1 N–H and O–H groups in total. The quantitative estimate of drug-likeness (QED) is 0.812. The van der Waals surface area contributed by atoms with Crippen LogP contribution in [-0.2, 0) is 12.0 Å². The molecule has 5 heteroatoms. The number of halogens is 1. The number of carbonyl (C=O) groups is 1. The molecular weight excluding hydrogens is 331 g/mol. The molecule has 0 aliphatic heterocycles. The Morgan fingerprint density at radius 1 is 1.23 bits per heavy atom. The highest BCUT2D eigenvalue weighted by Gasteiger charge is 2.44. The summed E-state index contributed by atoms with van der Waals surface area (Å²) < 4.78 is 18.8. The highest BCUT2D eigenvalue weighted by molar-refractivity contribution is 5.74. The van der Waals surface area contributed by atoms with Crippen LogP contribution < -0.4 is 10.1 Å². The molecule has 0 saturated heterocycles. The lowest BCUT2D eigenvalue weighted by atomic mass is 9.96. The monoisotopic (exact) mass is 356 g/mol. The molecule has 0 heterocycles. The number of rotatable bonds is 7. The van der Waals surface area contributed by atoms with E-state index in [9.17, 15) is 9.18 Å². The largest absolute Gasteiger partial charge is 0.494 e. The number of hydrogen-bond acceptors (Lipinski definition) is 2. The molecule has 3 rings (SSSR count). The number of amides is 2. The van der Waals surface area contributed by atoms with E-state index in [-0.39, 0.29) is 17.2 Å². The van der Waals surface area contributed by atoms with Crippen molar-refractivity contribution in [1.29, 1.82) is 0 Å². The van der Waals surface area contributed by atoms with Crippen LogP contribution in [0.2, 0.25) is 0 Å². The van der Waals surface area contributed by atoms with Crippen molar-refractivity contribution in [2.24, 2.45) is 0 Å². The third-order valence-electron chi connectivity index (χ3n) is 5.08. The number of ether oxygens (including phenoxy) is 1. The van der Waals surface area contributed by atoms with Crippen LogP contribution in [0.4, 0.5) is 9.18 Å². The Bertz CT molecular complexity index is 760. The summed E-state index contributed by atoms with van der Waals surface area (Å²) in [6, 6.07) is 15.0. The molecule has 2 aromatic rings. The van der Waals surface area contributed by atoms with E-state index in [4.69, 9.17) is 4.74 Å². The number of urea groups is 1. The number of nitrogens with one attached hydrogen (secondary N) is 1. The maximum Gasteiger partial charge on any atom is 0.317 e. The van der Waals surface area contributed by atoms with Gasteiger partial charge in [0.25, 0.3) is 0 Å². The number of nitrogens with zero attached hydrogens (tertiary/aromatic N) is 1. The van der Waals surface area contributed by atoms with Crippen LogP contribution in [0.5, 0.6) is 5.75 Å². The van der Waals surface area contributed by atoms with Gasteiger partial charge in [0.1, 0.15) is 0 Å². The summed E-state index contributed by atoms with van der Waals surface area (Å²) in [5.41, 5.74) is 2.09. The summed E-state index contributed by atoms with van der Waals surface area (Å²) in [5, 5.41) is 3.06. The van der Waals surface area contributed by atoms with Crippen LogP contribution in [0.15, 0.2) is 48.5 Å². The minimum atomic E-state index is -0.414. The second-order valence-electron chi connectivity index (χ2n) is 6.79. The molecular formula is C21H25FN2O2. The molecule has 1 aliphatic rings. The summed E-state index contributed by atoms with van der Waals surface area (Å²) in [6.07, 6.45) is 2.18. The molecule has 0 aromatic heterocycles. The molecule has 2 amide bonds. The third kappa shape index (κ3) is 3.98. The SMILES string of the molecule is CCN(Cc1ccc(OC)c(F)c1)C(=O)NCC1(c2ccccc2)CC1. The van der Waals surface area contributed by atoms with Gasteiger partial charge in [-0.2, -0.15) is 0 Å². The first-order chi connectivity index (χ1) is 12.6. The standard InChI is InChI=1S/C21H25FN2O2/c1-3-24(14-16-9-10-19(26-2)18(22)13-16)20(25)23-15-21(11-12-21)17-7-5-4-6-8-17/h4-10,13H,3,11-12,14-15H2,1-2H3,(H,23,25). The van der Waals surface area contributed by atoms with E-state index in [0.717, 1.165) is 18.4 Å². The van der Waals surface area contributed by atoms with Gasteiger partial charge in [-0.15, -0.1) is 0 Å². The van der Waals surface area contributed by atoms with Gasteiger partial charge < -0.3 is 15.0 Å². The van der Waals surface area contributed by atoms with Crippen LogP contribution >= 0.6 is 0 Å². The van der Waals surface area contributed by atoms with Crippen molar-refractivity contribution in [3.8, 4) is 5.75 Å². The molecule has 4 nitrogen and oxygen atoms in total. The van der Waals surface area contributed by atoms with Crippen molar-refractivity contribution in [1.82, 2.24) is 10.2 Å². The fourth-order valence-corrected chi connectivity index (χ4v) is 3.22. The predicted octanol–water partition coefficient (Wildman–Crippen LogP) is 4.10. The van der Waals surface area contributed by atoms with Crippen molar-refractivity contribution < 1.29 is 13.9 Å². The van der Waals surface area contributed by atoms with Gasteiger partial charge in [-0.05, 0) is 43.0 Å². The van der Waals surface area contributed by atoms with Crippen molar-refractivity contribution in [3.63, 3.8) is 0 Å². The zero-order chi connectivity index (χ0) is 18.6. The van der Waals surface area contributed by atoms with Crippen LogP contribution in [-0.4, -0.2) is 31.1 Å². The summed E-state index contributed by atoms with van der Waals surface area (Å²) in [6.45, 7) is 3.46. The molecule has 0 radical (unpaired) electrons. The smallest absolute Gasteiger partial charge is 0.317 e. The second kappa shape index (κ2) is 7.77. The van der Waals surface area contributed by atoms with Crippen LogP contribution in [0.3, 0.4) is 0 Å². The Morgan fingerprint density at radius 2 is 1.96 bits per heavy atom. The maximum absolute atomic E-state index is 13.9. The Kier molecular flexibility index (Phi) is 5.45. The highest BCUT2D eigenvalue weighted by atomic mass is 19.1. The minimum Gasteiger partial charge on any atom is -0.494 e. The molecule has 0 atom stereocenters. The van der Waals surface area contributed by atoms with Gasteiger partial charge in [0.15, 0.2) is 11.6 Å². The molecule has 0 spiro atoms. The van der Waals surface area contributed by atoms with E-state index in [0.29, 0.717) is 19.6 Å². The first-order valence-corrected chi connectivity index (χ1v) is 8.99. The average Bonchev–Trinajstić information content (AvgIpc) is 3.46. The third-order valence-corrected chi connectivity index (χ3v) is 5.08. The molecule has 1 saturated carbocycles. The zero-order valence-electron chi connectivity index (χ0n) is 15.3. The van der Waals surface area contributed by atoms with Gasteiger partial charge >= 0.3 is 6.03 Å². The molecule has 0 unspecified atom stereocenters. The lowest BCUT2D eigenvalue weighted by Gasteiger charge is -2.24. The Hall–Kier alpha value is -2.56. The molecule has 138 valence electrons. The van der Waals surface area contributed by atoms with E-state index in [1.165, 1.54) is 18.7 Å². The van der Waals surface area contributed by atoms with E-state index in [1.807, 2.05) is 25.1 Å². The number of hydrogen-bond donors (Lipinski definition) is 1. The Morgan fingerprint density at radius 3 is 2.54 bits per heavy atom. The van der Waals surface area contributed by atoms with Crippen LogP contribution in [0.25, 0.3) is 0 Å². The van der Waals surface area contributed by atoms with Crippen molar-refractivity contribution in [3.05, 3.63) is 65.5 Å². The maximum atomic E-state index is 13.9. The fraction of sp³-hybridized carbons (Fsp3) is 0.381. The molecule has 26 heavy (non-hydrogen) atoms.